The Hall–Kier alpha value is -3.49. The molecular formula is C19H20F2N4O3. The van der Waals surface area contributed by atoms with Crippen LogP contribution in [0.5, 0.6) is 0 Å². The maximum absolute atomic E-state index is 13.8. The molecule has 1 atom stereocenters. The van der Waals surface area contributed by atoms with Gasteiger partial charge in [0.25, 0.3) is 5.91 Å². The number of carbonyl (C=O) groups excluding carboxylic acids is 3. The summed E-state index contributed by atoms with van der Waals surface area (Å²) in [5, 5.41) is 7.32. The van der Waals surface area contributed by atoms with Crippen LogP contribution in [0.4, 0.5) is 25.0 Å². The number of urea groups is 1. The summed E-state index contributed by atoms with van der Waals surface area (Å²) in [6.07, 6.45) is 0. The van der Waals surface area contributed by atoms with E-state index in [1.54, 1.807) is 32.0 Å². The molecule has 2 aromatic rings. The van der Waals surface area contributed by atoms with Crippen molar-refractivity contribution in [2.45, 2.75) is 19.9 Å². The minimum atomic E-state index is -1.06. The third-order valence-electron chi connectivity index (χ3n) is 3.82. The Kier molecular flexibility index (Phi) is 6.64. The van der Waals surface area contributed by atoms with E-state index in [1.807, 2.05) is 0 Å². The molecule has 7 nitrogen and oxygen atoms in total. The van der Waals surface area contributed by atoms with Crippen LogP contribution in [-0.4, -0.2) is 23.9 Å². The first-order valence-electron chi connectivity index (χ1n) is 8.41. The highest BCUT2D eigenvalue weighted by Gasteiger charge is 2.27. The number of benzene rings is 2. The number of hydrogen-bond donors (Lipinski definition) is 4. The van der Waals surface area contributed by atoms with Gasteiger partial charge in [0.2, 0.25) is 5.91 Å². The molecule has 0 bridgehead atoms. The van der Waals surface area contributed by atoms with Gasteiger partial charge >= 0.3 is 6.03 Å². The van der Waals surface area contributed by atoms with Gasteiger partial charge in [-0.1, -0.05) is 26.0 Å². The second kappa shape index (κ2) is 8.94. The Morgan fingerprint density at radius 3 is 2.00 bits per heavy atom. The van der Waals surface area contributed by atoms with Crippen molar-refractivity contribution in [3.05, 3.63) is 59.7 Å². The zero-order chi connectivity index (χ0) is 20.8. The predicted octanol–water partition coefficient (Wildman–Crippen LogP) is 2.85. The first-order valence-corrected chi connectivity index (χ1v) is 8.41. The molecule has 0 saturated carbocycles. The smallest absolute Gasteiger partial charge is 0.316 e. The fourth-order valence-electron chi connectivity index (χ4n) is 2.50. The van der Waals surface area contributed by atoms with E-state index in [0.717, 1.165) is 18.2 Å². The van der Waals surface area contributed by atoms with E-state index < -0.39 is 41.1 Å². The molecule has 5 N–H and O–H groups in total. The Morgan fingerprint density at radius 2 is 1.46 bits per heavy atom. The van der Waals surface area contributed by atoms with Crippen LogP contribution >= 0.6 is 0 Å². The Labute approximate surface area is 160 Å². The third kappa shape index (κ3) is 5.26. The number of rotatable bonds is 6. The maximum Gasteiger partial charge on any atom is 0.316 e. The van der Waals surface area contributed by atoms with Crippen LogP contribution < -0.4 is 21.7 Å². The largest absolute Gasteiger partial charge is 0.351 e. The molecule has 148 valence electrons. The third-order valence-corrected chi connectivity index (χ3v) is 3.82. The van der Waals surface area contributed by atoms with Crippen molar-refractivity contribution in [1.82, 2.24) is 5.32 Å². The van der Waals surface area contributed by atoms with E-state index in [9.17, 15) is 23.2 Å². The van der Waals surface area contributed by atoms with E-state index in [2.05, 4.69) is 16.0 Å². The number of anilines is 2. The number of halogens is 2. The van der Waals surface area contributed by atoms with Gasteiger partial charge in [0.1, 0.15) is 23.2 Å². The van der Waals surface area contributed by atoms with Crippen molar-refractivity contribution in [3.63, 3.8) is 0 Å². The molecule has 1 unspecified atom stereocenters. The monoisotopic (exact) mass is 390 g/mol. The molecule has 0 aliphatic rings. The van der Waals surface area contributed by atoms with Crippen LogP contribution in [0.3, 0.4) is 0 Å². The molecule has 0 fully saturated rings. The zero-order valence-corrected chi connectivity index (χ0v) is 15.3. The van der Waals surface area contributed by atoms with Gasteiger partial charge in [-0.3, -0.25) is 9.59 Å². The summed E-state index contributed by atoms with van der Waals surface area (Å²) >= 11 is 0. The van der Waals surface area contributed by atoms with E-state index in [0.29, 0.717) is 11.4 Å². The molecule has 2 aromatic carbocycles. The second-order valence-corrected chi connectivity index (χ2v) is 6.35. The second-order valence-electron chi connectivity index (χ2n) is 6.35. The normalized spacial score (nSPS) is 11.6. The number of carbonyl (C=O) groups is 3. The summed E-state index contributed by atoms with van der Waals surface area (Å²) in [6, 6.07) is 7.43. The van der Waals surface area contributed by atoms with E-state index in [1.165, 1.54) is 6.07 Å². The van der Waals surface area contributed by atoms with Crippen LogP contribution in [0.25, 0.3) is 0 Å². The summed E-state index contributed by atoms with van der Waals surface area (Å²) in [7, 11) is 0. The van der Waals surface area contributed by atoms with E-state index in [4.69, 9.17) is 5.73 Å². The van der Waals surface area contributed by atoms with Crippen LogP contribution in [-0.2, 0) is 4.79 Å². The molecule has 0 spiro atoms. The lowest BCUT2D eigenvalue weighted by Crippen LogP contribution is -2.47. The minimum absolute atomic E-state index is 0.341. The Morgan fingerprint density at radius 1 is 0.929 bits per heavy atom. The average Bonchev–Trinajstić information content (AvgIpc) is 2.58. The van der Waals surface area contributed by atoms with E-state index in [-0.39, 0.29) is 5.92 Å². The van der Waals surface area contributed by atoms with Gasteiger partial charge in [-0.15, -0.1) is 0 Å². The molecule has 0 aromatic heterocycles. The SMILES string of the molecule is CC(C)C(NC(=O)c1c(F)cccc1F)C(=O)Nc1cccc(NC(N)=O)c1. The Bertz CT molecular complexity index is 882. The summed E-state index contributed by atoms with van der Waals surface area (Å²) in [4.78, 5) is 35.8. The molecule has 0 heterocycles. The first-order chi connectivity index (χ1) is 13.2. The fourth-order valence-corrected chi connectivity index (χ4v) is 2.50. The molecule has 4 amide bonds. The van der Waals surface area contributed by atoms with Gasteiger partial charge in [0, 0.05) is 11.4 Å². The number of amides is 4. The molecule has 0 radical (unpaired) electrons. The topological polar surface area (TPSA) is 113 Å². The lowest BCUT2D eigenvalue weighted by atomic mass is 10.0. The fraction of sp³-hybridized carbons (Fsp3) is 0.211. The minimum Gasteiger partial charge on any atom is -0.351 e. The summed E-state index contributed by atoms with van der Waals surface area (Å²) in [6.45, 7) is 3.35. The van der Waals surface area contributed by atoms with Gasteiger partial charge < -0.3 is 21.7 Å². The Balaban J connectivity index is 2.16. The van der Waals surface area contributed by atoms with Crippen molar-refractivity contribution in [2.75, 3.05) is 10.6 Å². The molecule has 0 saturated heterocycles. The first kappa shape index (κ1) is 20.8. The standard InChI is InChI=1S/C19H20F2N4O3/c1-10(2)16(25-17(26)15-13(20)7-4-8-14(15)21)18(27)23-11-5-3-6-12(9-11)24-19(22)28/h3-10,16H,1-2H3,(H,23,27)(H,25,26)(H3,22,24,28). The van der Waals surface area contributed by atoms with Crippen LogP contribution in [0, 0.1) is 17.6 Å². The number of hydrogen-bond acceptors (Lipinski definition) is 3. The molecular weight excluding hydrogens is 370 g/mol. The lowest BCUT2D eigenvalue weighted by Gasteiger charge is -2.22. The number of nitrogens with two attached hydrogens (primary N) is 1. The summed E-state index contributed by atoms with van der Waals surface area (Å²) in [5.41, 5.74) is 5.00. The molecule has 9 heteroatoms. The molecule has 28 heavy (non-hydrogen) atoms. The maximum atomic E-state index is 13.8. The lowest BCUT2D eigenvalue weighted by molar-refractivity contribution is -0.118. The van der Waals surface area contributed by atoms with Gasteiger partial charge in [-0.2, -0.15) is 0 Å². The number of primary amides is 1. The van der Waals surface area contributed by atoms with Gasteiger partial charge in [-0.25, -0.2) is 13.6 Å². The number of nitrogens with one attached hydrogen (secondary N) is 3. The van der Waals surface area contributed by atoms with Crippen molar-refractivity contribution in [3.8, 4) is 0 Å². The predicted molar refractivity (Wildman–Crippen MR) is 101 cm³/mol. The van der Waals surface area contributed by atoms with Gasteiger partial charge in [0.05, 0.1) is 0 Å². The highest BCUT2D eigenvalue weighted by atomic mass is 19.1. The summed E-state index contributed by atoms with van der Waals surface area (Å²) < 4.78 is 27.6. The van der Waals surface area contributed by atoms with E-state index >= 15 is 0 Å². The van der Waals surface area contributed by atoms with Crippen molar-refractivity contribution < 1.29 is 23.2 Å². The zero-order valence-electron chi connectivity index (χ0n) is 15.3. The van der Waals surface area contributed by atoms with Gasteiger partial charge in [-0.05, 0) is 36.2 Å². The molecule has 0 aliphatic carbocycles. The van der Waals surface area contributed by atoms with Crippen molar-refractivity contribution in [1.29, 1.82) is 0 Å². The highest BCUT2D eigenvalue weighted by Crippen LogP contribution is 2.17. The van der Waals surface area contributed by atoms with Crippen LogP contribution in [0.15, 0.2) is 42.5 Å². The van der Waals surface area contributed by atoms with Crippen molar-refractivity contribution >= 4 is 29.2 Å². The average molecular weight is 390 g/mol. The van der Waals surface area contributed by atoms with Crippen LogP contribution in [0.1, 0.15) is 24.2 Å². The van der Waals surface area contributed by atoms with Gasteiger partial charge in [0.15, 0.2) is 0 Å². The summed E-state index contributed by atoms with van der Waals surface area (Å²) in [5.74, 6) is -4.04. The quantitative estimate of drug-likeness (QED) is 0.608. The van der Waals surface area contributed by atoms with Crippen molar-refractivity contribution in [2.24, 2.45) is 11.7 Å². The van der Waals surface area contributed by atoms with Crippen LogP contribution in [0.2, 0.25) is 0 Å². The highest BCUT2D eigenvalue weighted by molar-refractivity contribution is 6.01. The molecule has 2 rings (SSSR count). The molecule has 0 aliphatic heterocycles.